The molecule has 6 heteroatoms. The molecule has 1 aromatic rings. The summed E-state index contributed by atoms with van der Waals surface area (Å²) in [4.78, 5) is 13.9. The highest BCUT2D eigenvalue weighted by Crippen LogP contribution is 2.18. The molecule has 1 saturated heterocycles. The number of nitrogens with zero attached hydrogens (tertiary/aromatic N) is 1. The highest BCUT2D eigenvalue weighted by atomic mass is 19.1. The molecule has 22 heavy (non-hydrogen) atoms. The highest BCUT2D eigenvalue weighted by Gasteiger charge is 2.30. The number of ether oxygens (including phenoxy) is 1. The highest BCUT2D eigenvalue weighted by molar-refractivity contribution is 5.68. The predicted octanol–water partition coefficient (Wildman–Crippen LogP) is 2.72. The number of hydrogen-bond donors (Lipinski definition) is 1. The summed E-state index contributed by atoms with van der Waals surface area (Å²) in [7, 11) is 0. The van der Waals surface area contributed by atoms with E-state index in [-0.39, 0.29) is 6.04 Å². The van der Waals surface area contributed by atoms with Gasteiger partial charge in [0.1, 0.15) is 17.2 Å². The van der Waals surface area contributed by atoms with Gasteiger partial charge in [-0.05, 0) is 38.8 Å². The zero-order valence-electron chi connectivity index (χ0n) is 13.2. The van der Waals surface area contributed by atoms with Gasteiger partial charge in [0.15, 0.2) is 0 Å². The van der Waals surface area contributed by atoms with Crippen LogP contribution >= 0.6 is 0 Å². The predicted molar refractivity (Wildman–Crippen MR) is 79.7 cm³/mol. The summed E-state index contributed by atoms with van der Waals surface area (Å²) in [6, 6.07) is 3.30. The maximum Gasteiger partial charge on any atom is 0.410 e. The van der Waals surface area contributed by atoms with Gasteiger partial charge in [-0.15, -0.1) is 0 Å². The van der Waals surface area contributed by atoms with Crippen LogP contribution in [0, 0.1) is 11.6 Å². The van der Waals surface area contributed by atoms with E-state index in [1.54, 1.807) is 4.90 Å². The first kappa shape index (κ1) is 16.7. The van der Waals surface area contributed by atoms with Gasteiger partial charge < -0.3 is 15.0 Å². The maximum atomic E-state index is 13.8. The van der Waals surface area contributed by atoms with Gasteiger partial charge in [0.2, 0.25) is 0 Å². The number of rotatable bonds is 2. The normalized spacial score (nSPS) is 19.1. The summed E-state index contributed by atoms with van der Waals surface area (Å²) in [5.74, 6) is -1.19. The first-order valence-corrected chi connectivity index (χ1v) is 7.40. The number of carbonyl (C=O) groups is 1. The van der Waals surface area contributed by atoms with Crippen LogP contribution in [0.3, 0.4) is 0 Å². The molecule has 1 aromatic carbocycles. The lowest BCUT2D eigenvalue weighted by molar-refractivity contribution is 0.0121. The molecule has 1 N–H and O–H groups in total. The van der Waals surface area contributed by atoms with Gasteiger partial charge >= 0.3 is 6.09 Å². The molecule has 0 radical (unpaired) electrons. The van der Waals surface area contributed by atoms with E-state index in [2.05, 4.69) is 5.32 Å². The van der Waals surface area contributed by atoms with Crippen LogP contribution in [0.25, 0.3) is 0 Å². The molecule has 1 aliphatic rings. The quantitative estimate of drug-likeness (QED) is 0.913. The minimum absolute atomic E-state index is 0.219. The lowest BCUT2D eigenvalue weighted by Crippen LogP contribution is -2.55. The van der Waals surface area contributed by atoms with Crippen LogP contribution in [0.1, 0.15) is 26.3 Å². The van der Waals surface area contributed by atoms with E-state index in [1.165, 1.54) is 12.1 Å². The van der Waals surface area contributed by atoms with Crippen LogP contribution in [0.4, 0.5) is 13.6 Å². The van der Waals surface area contributed by atoms with Crippen molar-refractivity contribution >= 4 is 6.09 Å². The molecule has 1 amide bonds. The average molecular weight is 312 g/mol. The van der Waals surface area contributed by atoms with E-state index in [4.69, 9.17) is 4.74 Å². The number of piperazine rings is 1. The summed E-state index contributed by atoms with van der Waals surface area (Å²) >= 11 is 0. The Morgan fingerprint density at radius 2 is 2.14 bits per heavy atom. The number of hydrogen-bond acceptors (Lipinski definition) is 3. The fourth-order valence-electron chi connectivity index (χ4n) is 2.45. The van der Waals surface area contributed by atoms with Gasteiger partial charge in [-0.3, -0.25) is 0 Å². The third kappa shape index (κ3) is 4.40. The molecule has 0 spiro atoms. The first-order valence-electron chi connectivity index (χ1n) is 7.40. The van der Waals surface area contributed by atoms with E-state index in [1.807, 2.05) is 20.8 Å². The minimum Gasteiger partial charge on any atom is -0.444 e. The average Bonchev–Trinajstić information content (AvgIpc) is 2.40. The topological polar surface area (TPSA) is 41.6 Å². The van der Waals surface area contributed by atoms with E-state index in [0.29, 0.717) is 31.6 Å². The number of nitrogens with one attached hydrogen (secondary N) is 1. The molecule has 1 fully saturated rings. The van der Waals surface area contributed by atoms with E-state index < -0.39 is 23.3 Å². The maximum absolute atomic E-state index is 13.8. The molecule has 4 nitrogen and oxygen atoms in total. The molecule has 122 valence electrons. The van der Waals surface area contributed by atoms with Crippen LogP contribution < -0.4 is 5.32 Å². The van der Waals surface area contributed by atoms with Crippen LogP contribution in [0.15, 0.2) is 18.2 Å². The molecular formula is C16H22F2N2O2. The Balaban J connectivity index is 2.11. The third-order valence-corrected chi connectivity index (χ3v) is 3.45. The van der Waals surface area contributed by atoms with Crippen molar-refractivity contribution in [3.8, 4) is 0 Å². The Kier molecular flexibility index (Phi) is 5.01. The molecule has 0 saturated carbocycles. The smallest absolute Gasteiger partial charge is 0.410 e. The second-order valence-corrected chi connectivity index (χ2v) is 6.47. The summed E-state index contributed by atoms with van der Waals surface area (Å²) in [5, 5.41) is 3.19. The molecule has 0 aromatic heterocycles. The van der Waals surface area contributed by atoms with Crippen LogP contribution in [-0.2, 0) is 11.2 Å². The zero-order chi connectivity index (χ0) is 16.3. The molecule has 0 aliphatic carbocycles. The summed E-state index contributed by atoms with van der Waals surface area (Å²) < 4.78 is 32.2. The molecule has 1 atom stereocenters. The second kappa shape index (κ2) is 6.60. The third-order valence-electron chi connectivity index (χ3n) is 3.45. The summed E-state index contributed by atoms with van der Waals surface area (Å²) in [6.07, 6.45) is -0.0836. The van der Waals surface area contributed by atoms with E-state index in [9.17, 15) is 13.6 Å². The lowest BCUT2D eigenvalue weighted by Gasteiger charge is -2.37. The van der Waals surface area contributed by atoms with E-state index in [0.717, 1.165) is 6.07 Å². The van der Waals surface area contributed by atoms with Crippen molar-refractivity contribution in [1.29, 1.82) is 0 Å². The molecule has 0 bridgehead atoms. The van der Waals surface area contributed by atoms with Crippen LogP contribution in [-0.4, -0.2) is 42.3 Å². The monoisotopic (exact) mass is 312 g/mol. The lowest BCUT2D eigenvalue weighted by atomic mass is 10.0. The molecule has 2 rings (SSSR count). The molecular weight excluding hydrogens is 290 g/mol. The van der Waals surface area contributed by atoms with Crippen molar-refractivity contribution in [2.45, 2.75) is 38.8 Å². The Labute approximate surface area is 129 Å². The Hall–Kier alpha value is -1.69. The fraction of sp³-hybridized carbons (Fsp3) is 0.562. The van der Waals surface area contributed by atoms with Gasteiger partial charge in [-0.25, -0.2) is 13.6 Å². The molecule has 1 heterocycles. The fourth-order valence-corrected chi connectivity index (χ4v) is 2.45. The van der Waals surface area contributed by atoms with Crippen molar-refractivity contribution in [2.75, 3.05) is 19.6 Å². The van der Waals surface area contributed by atoms with Crippen LogP contribution in [0.5, 0.6) is 0 Å². The SMILES string of the molecule is CC(C)(C)OC(=O)N1CCNC[C@@H]1Cc1ccc(F)cc1F. The van der Waals surface area contributed by atoms with Gasteiger partial charge in [-0.2, -0.15) is 0 Å². The zero-order valence-corrected chi connectivity index (χ0v) is 13.2. The Morgan fingerprint density at radius 3 is 2.77 bits per heavy atom. The van der Waals surface area contributed by atoms with Crippen LogP contribution in [0.2, 0.25) is 0 Å². The largest absolute Gasteiger partial charge is 0.444 e. The van der Waals surface area contributed by atoms with Gasteiger partial charge in [-0.1, -0.05) is 6.07 Å². The van der Waals surface area contributed by atoms with Crippen molar-refractivity contribution in [3.63, 3.8) is 0 Å². The second-order valence-electron chi connectivity index (χ2n) is 6.47. The van der Waals surface area contributed by atoms with Crippen molar-refractivity contribution < 1.29 is 18.3 Å². The standard InChI is InChI=1S/C16H22F2N2O2/c1-16(2,3)22-15(21)20-7-6-19-10-13(20)8-11-4-5-12(17)9-14(11)18/h4-5,9,13,19H,6-8,10H2,1-3H3/t13-/m0/s1. The Morgan fingerprint density at radius 1 is 1.41 bits per heavy atom. The molecule has 0 unspecified atom stereocenters. The Bertz CT molecular complexity index is 543. The van der Waals surface area contributed by atoms with Crippen molar-refractivity contribution in [1.82, 2.24) is 10.2 Å². The van der Waals surface area contributed by atoms with Crippen molar-refractivity contribution in [2.24, 2.45) is 0 Å². The molecule has 1 aliphatic heterocycles. The van der Waals surface area contributed by atoms with Gasteiger partial charge in [0.05, 0.1) is 6.04 Å². The number of carbonyl (C=O) groups excluding carboxylic acids is 1. The van der Waals surface area contributed by atoms with Crippen molar-refractivity contribution in [3.05, 3.63) is 35.4 Å². The number of halogens is 2. The number of benzene rings is 1. The van der Waals surface area contributed by atoms with Gasteiger partial charge in [0.25, 0.3) is 0 Å². The van der Waals surface area contributed by atoms with Gasteiger partial charge in [0, 0.05) is 25.7 Å². The summed E-state index contributed by atoms with van der Waals surface area (Å²) in [6.45, 7) is 7.14. The number of amides is 1. The first-order chi connectivity index (χ1) is 10.3. The summed E-state index contributed by atoms with van der Waals surface area (Å²) in [5.41, 5.74) is -0.183. The minimum atomic E-state index is -0.605. The van der Waals surface area contributed by atoms with E-state index >= 15 is 0 Å².